The van der Waals surface area contributed by atoms with E-state index in [1.165, 1.54) is 11.8 Å². The van der Waals surface area contributed by atoms with Gasteiger partial charge in [-0.15, -0.1) is 0 Å². The van der Waals surface area contributed by atoms with Crippen molar-refractivity contribution >= 4 is 80.1 Å². The molecule has 0 saturated carbocycles. The van der Waals surface area contributed by atoms with E-state index in [4.69, 9.17) is 35.4 Å². The molecule has 2 heterocycles. The van der Waals surface area contributed by atoms with Gasteiger partial charge in [-0.3, -0.25) is 9.69 Å². The Morgan fingerprint density at radius 2 is 1.67 bits per heavy atom. The highest BCUT2D eigenvalue weighted by molar-refractivity contribution is 8.27. The molecule has 4 aromatic rings. The van der Waals surface area contributed by atoms with E-state index in [9.17, 15) is 4.79 Å². The molecule has 0 unspecified atom stereocenters. The van der Waals surface area contributed by atoms with Crippen molar-refractivity contribution in [2.45, 2.75) is 13.5 Å². The Kier molecular flexibility index (Phi) is 6.06. The predicted octanol–water partition coefficient (Wildman–Crippen LogP) is 7.71. The number of aromatic nitrogens is 1. The number of fused-ring (bicyclic) bond motifs is 1. The minimum atomic E-state index is -0.130. The third kappa shape index (κ3) is 4.11. The number of carbonyl (C=O) groups excluding carboxylic acids is 1. The van der Waals surface area contributed by atoms with Gasteiger partial charge >= 0.3 is 0 Å². The summed E-state index contributed by atoms with van der Waals surface area (Å²) in [5.41, 5.74) is 4.92. The molecular formula is C26H18Cl2N2OS2. The summed E-state index contributed by atoms with van der Waals surface area (Å²) < 4.78 is 2.74. The Bertz CT molecular complexity index is 1440. The molecule has 3 nitrogen and oxygen atoms in total. The minimum absolute atomic E-state index is 0.130. The van der Waals surface area contributed by atoms with Crippen molar-refractivity contribution in [3.05, 3.63) is 105 Å². The largest absolute Gasteiger partial charge is 0.340 e. The van der Waals surface area contributed by atoms with E-state index in [-0.39, 0.29) is 5.91 Å². The number of thiocarbonyl (C=S) groups is 1. The second kappa shape index (κ2) is 8.99. The molecule has 7 heteroatoms. The van der Waals surface area contributed by atoms with Gasteiger partial charge in [0.05, 0.1) is 10.6 Å². The minimum Gasteiger partial charge on any atom is -0.340 e. The van der Waals surface area contributed by atoms with Gasteiger partial charge in [-0.2, -0.15) is 0 Å². The molecular weight excluding hydrogens is 491 g/mol. The molecule has 1 aliphatic heterocycles. The summed E-state index contributed by atoms with van der Waals surface area (Å²) in [6.45, 7) is 2.72. The summed E-state index contributed by atoms with van der Waals surface area (Å²) in [5.74, 6) is -0.130. The van der Waals surface area contributed by atoms with Crippen molar-refractivity contribution < 1.29 is 4.79 Å². The van der Waals surface area contributed by atoms with Crippen LogP contribution in [0.3, 0.4) is 0 Å². The Morgan fingerprint density at radius 3 is 2.42 bits per heavy atom. The monoisotopic (exact) mass is 508 g/mol. The number of para-hydroxylation sites is 1. The number of hydrogen-bond acceptors (Lipinski definition) is 3. The highest BCUT2D eigenvalue weighted by Gasteiger charge is 2.33. The third-order valence-corrected chi connectivity index (χ3v) is 7.64. The number of thioether (sulfide) groups is 1. The summed E-state index contributed by atoms with van der Waals surface area (Å²) in [6, 6.07) is 23.2. The van der Waals surface area contributed by atoms with Crippen LogP contribution in [0.15, 0.2) is 77.7 Å². The molecule has 1 amide bonds. The van der Waals surface area contributed by atoms with Crippen LogP contribution in [0.1, 0.15) is 16.8 Å². The Labute approximate surface area is 211 Å². The quantitative estimate of drug-likeness (QED) is 0.208. The summed E-state index contributed by atoms with van der Waals surface area (Å²) in [4.78, 5) is 15.4. The van der Waals surface area contributed by atoms with E-state index in [0.717, 1.165) is 32.7 Å². The molecule has 1 saturated heterocycles. The van der Waals surface area contributed by atoms with Crippen LogP contribution >= 0.6 is 47.2 Å². The zero-order valence-corrected chi connectivity index (χ0v) is 20.7. The third-order valence-electron chi connectivity index (χ3n) is 5.72. The van der Waals surface area contributed by atoms with Crippen LogP contribution in [0.5, 0.6) is 0 Å². The Balaban J connectivity index is 1.57. The van der Waals surface area contributed by atoms with Crippen LogP contribution in [0, 0.1) is 6.92 Å². The lowest BCUT2D eigenvalue weighted by molar-refractivity contribution is -0.113. The summed E-state index contributed by atoms with van der Waals surface area (Å²) in [7, 11) is 0. The van der Waals surface area contributed by atoms with Crippen molar-refractivity contribution in [2.24, 2.45) is 0 Å². The Morgan fingerprint density at radius 1 is 0.970 bits per heavy atom. The van der Waals surface area contributed by atoms with E-state index in [0.29, 0.717) is 26.5 Å². The first kappa shape index (κ1) is 22.2. The number of benzene rings is 3. The van der Waals surface area contributed by atoms with Crippen molar-refractivity contribution in [3.63, 3.8) is 0 Å². The fourth-order valence-electron chi connectivity index (χ4n) is 4.05. The summed E-state index contributed by atoms with van der Waals surface area (Å²) in [6.07, 6.45) is 1.95. The van der Waals surface area contributed by atoms with Gasteiger partial charge < -0.3 is 4.57 Å². The van der Waals surface area contributed by atoms with E-state index in [2.05, 4.69) is 23.6 Å². The number of hydrogen-bond donors (Lipinski definition) is 0. The van der Waals surface area contributed by atoms with Crippen molar-refractivity contribution in [2.75, 3.05) is 4.90 Å². The fourth-order valence-corrected chi connectivity index (χ4v) is 5.65. The molecule has 1 fully saturated rings. The number of nitrogens with zero attached hydrogens (tertiary/aromatic N) is 2. The van der Waals surface area contributed by atoms with Gasteiger partial charge in [-0.25, -0.2) is 0 Å². The SMILES string of the molecule is Cc1c(/C=C2/SC(=S)N(c3ccc(Cl)cc3)C2=O)c2ccccc2n1Cc1ccccc1Cl. The predicted molar refractivity (Wildman–Crippen MR) is 144 cm³/mol. The second-order valence-corrected chi connectivity index (χ2v) is 10.2. The first-order valence-electron chi connectivity index (χ1n) is 10.3. The number of halogens is 2. The van der Waals surface area contributed by atoms with E-state index in [1.807, 2.05) is 42.5 Å². The highest BCUT2D eigenvalue weighted by Crippen LogP contribution is 2.38. The first-order valence-corrected chi connectivity index (χ1v) is 12.3. The van der Waals surface area contributed by atoms with Gasteiger partial charge in [0, 0.05) is 38.8 Å². The van der Waals surface area contributed by atoms with E-state index in [1.54, 1.807) is 29.2 Å². The molecule has 5 rings (SSSR count). The smallest absolute Gasteiger partial charge is 0.270 e. The average Bonchev–Trinajstić information content (AvgIpc) is 3.24. The molecule has 3 aromatic carbocycles. The normalized spacial score (nSPS) is 15.2. The molecule has 0 atom stereocenters. The van der Waals surface area contributed by atoms with Gasteiger partial charge in [0.15, 0.2) is 4.32 Å². The van der Waals surface area contributed by atoms with Gasteiger partial charge in [-0.05, 0) is 55.0 Å². The molecule has 1 aromatic heterocycles. The van der Waals surface area contributed by atoms with Crippen LogP contribution in [0.25, 0.3) is 17.0 Å². The van der Waals surface area contributed by atoms with Gasteiger partial charge in [0.2, 0.25) is 0 Å². The lowest BCUT2D eigenvalue weighted by Crippen LogP contribution is -2.27. The van der Waals surface area contributed by atoms with Crippen LogP contribution in [-0.2, 0) is 11.3 Å². The highest BCUT2D eigenvalue weighted by atomic mass is 35.5. The van der Waals surface area contributed by atoms with Gasteiger partial charge in [0.1, 0.15) is 0 Å². The number of amides is 1. The molecule has 0 N–H and O–H groups in total. The zero-order chi connectivity index (χ0) is 23.1. The molecule has 0 aliphatic carbocycles. The zero-order valence-electron chi connectivity index (χ0n) is 17.6. The first-order chi connectivity index (χ1) is 15.9. The maximum atomic E-state index is 13.3. The molecule has 1 aliphatic rings. The number of anilines is 1. The van der Waals surface area contributed by atoms with Crippen LogP contribution in [-0.4, -0.2) is 14.8 Å². The lowest BCUT2D eigenvalue weighted by atomic mass is 10.1. The topological polar surface area (TPSA) is 25.2 Å². The summed E-state index contributed by atoms with van der Waals surface area (Å²) >= 11 is 19.3. The molecule has 0 radical (unpaired) electrons. The lowest BCUT2D eigenvalue weighted by Gasteiger charge is -2.14. The average molecular weight is 509 g/mol. The second-order valence-electron chi connectivity index (χ2n) is 7.69. The van der Waals surface area contributed by atoms with Gasteiger partial charge in [0.25, 0.3) is 5.91 Å². The van der Waals surface area contributed by atoms with Gasteiger partial charge in [-0.1, -0.05) is 83.6 Å². The van der Waals surface area contributed by atoms with Crippen molar-refractivity contribution in [1.29, 1.82) is 0 Å². The number of carbonyl (C=O) groups is 1. The fraction of sp³-hybridized carbons (Fsp3) is 0.0769. The van der Waals surface area contributed by atoms with Crippen molar-refractivity contribution in [3.8, 4) is 0 Å². The summed E-state index contributed by atoms with van der Waals surface area (Å²) in [5, 5.41) is 2.43. The maximum absolute atomic E-state index is 13.3. The molecule has 0 spiro atoms. The molecule has 33 heavy (non-hydrogen) atoms. The maximum Gasteiger partial charge on any atom is 0.270 e. The molecule has 0 bridgehead atoms. The van der Waals surface area contributed by atoms with Crippen molar-refractivity contribution in [1.82, 2.24) is 4.57 Å². The Hall–Kier alpha value is -2.57. The van der Waals surface area contributed by atoms with Crippen LogP contribution in [0.4, 0.5) is 5.69 Å². The standard InChI is InChI=1S/C26H18Cl2N2OS2/c1-16-21(14-24-25(31)30(26(32)33-24)19-12-10-18(27)11-13-19)20-7-3-5-9-23(20)29(16)15-17-6-2-4-8-22(17)28/h2-14H,15H2,1H3/b24-14+. The number of rotatable bonds is 4. The van der Waals surface area contributed by atoms with E-state index < -0.39 is 0 Å². The van der Waals surface area contributed by atoms with E-state index >= 15 is 0 Å². The van der Waals surface area contributed by atoms with Crippen LogP contribution < -0.4 is 4.90 Å². The molecule has 164 valence electrons. The van der Waals surface area contributed by atoms with Crippen LogP contribution in [0.2, 0.25) is 10.0 Å².